The van der Waals surface area contributed by atoms with Gasteiger partial charge < -0.3 is 9.47 Å². The van der Waals surface area contributed by atoms with Gasteiger partial charge in [0.25, 0.3) is 0 Å². The monoisotopic (exact) mass is 281 g/mol. The third-order valence-corrected chi connectivity index (χ3v) is 3.55. The summed E-state index contributed by atoms with van der Waals surface area (Å²) < 4.78 is 23.2. The lowest BCUT2D eigenvalue weighted by molar-refractivity contribution is -0.148. The summed E-state index contributed by atoms with van der Waals surface area (Å²) in [6.45, 7) is 2.02. The van der Waals surface area contributed by atoms with Gasteiger partial charge in [0.05, 0.1) is 7.11 Å². The third kappa shape index (κ3) is 3.93. The molecule has 1 aromatic rings. The summed E-state index contributed by atoms with van der Waals surface area (Å²) in [7, 11) is 1.42. The molecule has 20 heavy (non-hydrogen) atoms. The largest absolute Gasteiger partial charge is 0.492 e. The minimum absolute atomic E-state index is 0.162. The van der Waals surface area contributed by atoms with Gasteiger partial charge in [-0.25, -0.2) is 4.39 Å². The normalized spacial score (nSPS) is 19.6. The van der Waals surface area contributed by atoms with Crippen molar-refractivity contribution in [2.45, 2.75) is 25.3 Å². The Kier molecular flexibility index (Phi) is 5.35. The molecule has 0 aromatic heterocycles. The maximum atomic E-state index is 12.8. The van der Waals surface area contributed by atoms with Crippen LogP contribution in [0, 0.1) is 5.82 Å². The molecular weight excluding hydrogens is 261 g/mol. The first kappa shape index (κ1) is 14.8. The van der Waals surface area contributed by atoms with Crippen LogP contribution in [-0.4, -0.2) is 43.7 Å². The van der Waals surface area contributed by atoms with Crippen LogP contribution < -0.4 is 4.74 Å². The smallest absolute Gasteiger partial charge is 0.323 e. The number of rotatable bonds is 5. The van der Waals surface area contributed by atoms with E-state index < -0.39 is 0 Å². The molecule has 0 spiro atoms. The van der Waals surface area contributed by atoms with E-state index >= 15 is 0 Å². The van der Waals surface area contributed by atoms with Crippen LogP contribution in [0.4, 0.5) is 4.39 Å². The molecule has 0 amide bonds. The molecule has 1 atom stereocenters. The lowest BCUT2D eigenvalue weighted by Crippen LogP contribution is -2.46. The standard InChI is InChI=1S/C15H20FNO3/c1-19-15(18)14-4-2-3-9-17(14)10-11-20-13-7-5-12(16)6-8-13/h5-8,14H,2-4,9-11H2,1H3/t14-/m0/s1. The highest BCUT2D eigenvalue weighted by molar-refractivity contribution is 5.75. The SMILES string of the molecule is COC(=O)[C@@H]1CCCCN1CCOc1ccc(F)cc1. The van der Waals surface area contributed by atoms with E-state index in [1.54, 1.807) is 12.1 Å². The highest BCUT2D eigenvalue weighted by Gasteiger charge is 2.28. The Labute approximate surface area is 118 Å². The zero-order chi connectivity index (χ0) is 14.4. The Morgan fingerprint density at radius 3 is 2.80 bits per heavy atom. The second-order valence-corrected chi connectivity index (χ2v) is 4.87. The summed E-state index contributed by atoms with van der Waals surface area (Å²) in [6, 6.07) is 5.78. The Hall–Kier alpha value is -1.62. The van der Waals surface area contributed by atoms with Crippen LogP contribution >= 0.6 is 0 Å². The molecule has 1 aliphatic heterocycles. The van der Waals surface area contributed by atoms with Gasteiger partial charge >= 0.3 is 5.97 Å². The van der Waals surface area contributed by atoms with Crippen molar-refractivity contribution in [3.05, 3.63) is 30.1 Å². The summed E-state index contributed by atoms with van der Waals surface area (Å²) in [5.74, 6) is 0.184. The van der Waals surface area contributed by atoms with E-state index in [1.807, 2.05) is 0 Å². The molecule has 1 heterocycles. The molecule has 1 fully saturated rings. The van der Waals surface area contributed by atoms with Gasteiger partial charge in [0.15, 0.2) is 0 Å². The van der Waals surface area contributed by atoms with Gasteiger partial charge in [-0.3, -0.25) is 9.69 Å². The zero-order valence-electron chi connectivity index (χ0n) is 11.7. The second-order valence-electron chi connectivity index (χ2n) is 4.87. The Bertz CT molecular complexity index is 435. The number of halogens is 1. The molecule has 0 saturated carbocycles. The minimum Gasteiger partial charge on any atom is -0.492 e. The number of esters is 1. The first-order chi connectivity index (χ1) is 9.70. The molecule has 1 aliphatic rings. The summed E-state index contributed by atoms with van der Waals surface area (Å²) >= 11 is 0. The Balaban J connectivity index is 1.82. The molecule has 1 saturated heterocycles. The fourth-order valence-corrected chi connectivity index (χ4v) is 2.47. The quantitative estimate of drug-likeness (QED) is 0.776. The number of likely N-dealkylation sites (tertiary alicyclic amines) is 1. The van der Waals surface area contributed by atoms with E-state index in [0.29, 0.717) is 18.9 Å². The van der Waals surface area contributed by atoms with Crippen molar-refractivity contribution in [1.82, 2.24) is 4.90 Å². The van der Waals surface area contributed by atoms with Crippen molar-refractivity contribution >= 4 is 5.97 Å². The van der Waals surface area contributed by atoms with Crippen LogP contribution in [0.1, 0.15) is 19.3 Å². The third-order valence-electron chi connectivity index (χ3n) is 3.55. The topological polar surface area (TPSA) is 38.8 Å². The molecule has 2 rings (SSSR count). The van der Waals surface area contributed by atoms with Crippen LogP contribution in [0.2, 0.25) is 0 Å². The molecule has 5 heteroatoms. The average molecular weight is 281 g/mol. The van der Waals surface area contributed by atoms with Gasteiger partial charge in [0.1, 0.15) is 24.2 Å². The predicted octanol–water partition coefficient (Wildman–Crippen LogP) is 2.23. The lowest BCUT2D eigenvalue weighted by atomic mass is 10.0. The van der Waals surface area contributed by atoms with Crippen molar-refractivity contribution in [1.29, 1.82) is 0 Å². The van der Waals surface area contributed by atoms with E-state index in [0.717, 1.165) is 25.8 Å². The fraction of sp³-hybridized carbons (Fsp3) is 0.533. The lowest BCUT2D eigenvalue weighted by Gasteiger charge is -2.33. The summed E-state index contributed by atoms with van der Waals surface area (Å²) in [6.07, 6.45) is 2.97. The van der Waals surface area contributed by atoms with Crippen molar-refractivity contribution in [2.24, 2.45) is 0 Å². The number of nitrogens with zero attached hydrogens (tertiary/aromatic N) is 1. The molecule has 0 bridgehead atoms. The molecule has 110 valence electrons. The number of piperidine rings is 1. The predicted molar refractivity (Wildman–Crippen MR) is 73.1 cm³/mol. The van der Waals surface area contributed by atoms with Crippen molar-refractivity contribution in [3.8, 4) is 5.75 Å². The molecule has 0 unspecified atom stereocenters. The summed E-state index contributed by atoms with van der Waals surface area (Å²) in [5.41, 5.74) is 0. The van der Waals surface area contributed by atoms with Crippen LogP contribution in [0.3, 0.4) is 0 Å². The van der Waals surface area contributed by atoms with Gasteiger partial charge in [0.2, 0.25) is 0 Å². The average Bonchev–Trinajstić information content (AvgIpc) is 2.49. The summed E-state index contributed by atoms with van der Waals surface area (Å²) in [5, 5.41) is 0. The Morgan fingerprint density at radius 2 is 2.10 bits per heavy atom. The van der Waals surface area contributed by atoms with Gasteiger partial charge in [0, 0.05) is 6.54 Å². The van der Waals surface area contributed by atoms with E-state index in [4.69, 9.17) is 9.47 Å². The number of methoxy groups -OCH3 is 1. The highest BCUT2D eigenvalue weighted by atomic mass is 19.1. The molecule has 0 N–H and O–H groups in total. The van der Waals surface area contributed by atoms with E-state index in [-0.39, 0.29) is 17.8 Å². The number of benzene rings is 1. The van der Waals surface area contributed by atoms with Gasteiger partial charge in [-0.2, -0.15) is 0 Å². The van der Waals surface area contributed by atoms with Crippen LogP contribution in [0.15, 0.2) is 24.3 Å². The number of carbonyl (C=O) groups excluding carboxylic acids is 1. The minimum atomic E-state index is -0.279. The first-order valence-electron chi connectivity index (χ1n) is 6.91. The van der Waals surface area contributed by atoms with Crippen molar-refractivity contribution in [2.75, 3.05) is 26.8 Å². The number of hydrogen-bond donors (Lipinski definition) is 0. The van der Waals surface area contributed by atoms with Gasteiger partial charge in [-0.15, -0.1) is 0 Å². The van der Waals surface area contributed by atoms with Crippen LogP contribution in [0.5, 0.6) is 5.75 Å². The van der Waals surface area contributed by atoms with Crippen molar-refractivity contribution < 1.29 is 18.7 Å². The number of hydrogen-bond acceptors (Lipinski definition) is 4. The first-order valence-corrected chi connectivity index (χ1v) is 6.91. The van der Waals surface area contributed by atoms with E-state index in [1.165, 1.54) is 19.2 Å². The molecule has 1 aromatic carbocycles. The summed E-state index contributed by atoms with van der Waals surface area (Å²) in [4.78, 5) is 13.8. The van der Waals surface area contributed by atoms with Crippen LogP contribution in [0.25, 0.3) is 0 Å². The van der Waals surface area contributed by atoms with E-state index in [2.05, 4.69) is 4.90 Å². The number of ether oxygens (including phenoxy) is 2. The van der Waals surface area contributed by atoms with E-state index in [9.17, 15) is 9.18 Å². The maximum Gasteiger partial charge on any atom is 0.323 e. The maximum absolute atomic E-state index is 12.8. The highest BCUT2D eigenvalue weighted by Crippen LogP contribution is 2.18. The van der Waals surface area contributed by atoms with Crippen LogP contribution in [-0.2, 0) is 9.53 Å². The molecule has 4 nitrogen and oxygen atoms in total. The second kappa shape index (κ2) is 7.24. The van der Waals surface area contributed by atoms with Gasteiger partial charge in [-0.1, -0.05) is 6.42 Å². The Morgan fingerprint density at radius 1 is 1.35 bits per heavy atom. The zero-order valence-corrected chi connectivity index (χ0v) is 11.7. The number of carbonyl (C=O) groups is 1. The molecular formula is C15H20FNO3. The molecule has 0 radical (unpaired) electrons. The fourth-order valence-electron chi connectivity index (χ4n) is 2.47. The van der Waals surface area contributed by atoms with Gasteiger partial charge in [-0.05, 0) is 43.7 Å². The van der Waals surface area contributed by atoms with Crippen molar-refractivity contribution in [3.63, 3.8) is 0 Å². The molecule has 0 aliphatic carbocycles.